The lowest BCUT2D eigenvalue weighted by Gasteiger charge is -2.34. The fourth-order valence-corrected chi connectivity index (χ4v) is 10.1. The van der Waals surface area contributed by atoms with Crippen molar-refractivity contribution in [2.24, 2.45) is 0 Å². The van der Waals surface area contributed by atoms with E-state index >= 15 is 0 Å². The smallest absolute Gasteiger partial charge is 0.160 e. The number of rotatable bonds is 6. The molecule has 3 heteroatoms. The highest BCUT2D eigenvalue weighted by atomic mass is 32.1. The molecule has 0 aliphatic heterocycles. The molecule has 56 heavy (non-hydrogen) atoms. The van der Waals surface area contributed by atoms with Crippen molar-refractivity contribution in [3.8, 4) is 56.2 Å². The highest BCUT2D eigenvalue weighted by molar-refractivity contribution is 7.26. The lowest BCUT2D eigenvalue weighted by molar-refractivity contribution is 0.768. The van der Waals surface area contributed by atoms with Crippen molar-refractivity contribution in [2.75, 3.05) is 0 Å². The van der Waals surface area contributed by atoms with E-state index in [0.717, 1.165) is 28.1 Å². The van der Waals surface area contributed by atoms with E-state index in [1.807, 2.05) is 17.4 Å². The first-order valence-corrected chi connectivity index (χ1v) is 19.9. The zero-order chi connectivity index (χ0) is 37.1. The van der Waals surface area contributed by atoms with Crippen molar-refractivity contribution in [2.45, 2.75) is 5.41 Å². The summed E-state index contributed by atoms with van der Waals surface area (Å²) in [5, 5.41) is 2.62. The van der Waals surface area contributed by atoms with Gasteiger partial charge in [0.1, 0.15) is 0 Å². The van der Waals surface area contributed by atoms with E-state index in [-0.39, 0.29) is 0 Å². The van der Waals surface area contributed by atoms with E-state index in [9.17, 15) is 0 Å². The van der Waals surface area contributed by atoms with Gasteiger partial charge in [0.2, 0.25) is 0 Å². The van der Waals surface area contributed by atoms with Crippen molar-refractivity contribution in [1.82, 2.24) is 9.97 Å². The lowest BCUT2D eigenvalue weighted by atomic mass is 9.67. The van der Waals surface area contributed by atoms with Gasteiger partial charge in [-0.1, -0.05) is 188 Å². The molecule has 0 saturated heterocycles. The number of hydrogen-bond acceptors (Lipinski definition) is 3. The molecule has 10 aromatic rings. The van der Waals surface area contributed by atoms with Crippen LogP contribution in [0.25, 0.3) is 76.3 Å². The van der Waals surface area contributed by atoms with Crippen LogP contribution in [0.15, 0.2) is 206 Å². The molecule has 1 aliphatic rings. The maximum Gasteiger partial charge on any atom is 0.160 e. The second-order valence-corrected chi connectivity index (χ2v) is 15.5. The molecule has 0 amide bonds. The van der Waals surface area contributed by atoms with Gasteiger partial charge >= 0.3 is 0 Å². The predicted octanol–water partition coefficient (Wildman–Crippen LogP) is 13.9. The van der Waals surface area contributed by atoms with Crippen molar-refractivity contribution in [3.05, 3.63) is 229 Å². The van der Waals surface area contributed by atoms with E-state index in [4.69, 9.17) is 9.97 Å². The Morgan fingerprint density at radius 2 is 0.911 bits per heavy atom. The molecule has 262 valence electrons. The molecule has 0 N–H and O–H groups in total. The van der Waals surface area contributed by atoms with Crippen LogP contribution in [0.2, 0.25) is 0 Å². The van der Waals surface area contributed by atoms with Crippen LogP contribution in [0.5, 0.6) is 0 Å². The average molecular weight is 731 g/mol. The quantitative estimate of drug-likeness (QED) is 0.170. The molecule has 11 rings (SSSR count). The molecule has 2 nitrogen and oxygen atoms in total. The molecule has 8 aromatic carbocycles. The Labute approximate surface area is 330 Å². The molecule has 0 saturated carbocycles. The molecular weight excluding hydrogens is 697 g/mol. The summed E-state index contributed by atoms with van der Waals surface area (Å²) in [6.07, 6.45) is 0. The summed E-state index contributed by atoms with van der Waals surface area (Å²) < 4.78 is 2.63. The highest BCUT2D eigenvalue weighted by Crippen LogP contribution is 2.56. The van der Waals surface area contributed by atoms with Crippen molar-refractivity contribution < 1.29 is 0 Å². The number of nitrogens with zero attached hydrogens (tertiary/aromatic N) is 2. The van der Waals surface area contributed by atoms with Crippen LogP contribution in [0, 0.1) is 0 Å². The lowest BCUT2D eigenvalue weighted by Crippen LogP contribution is -2.28. The Kier molecular flexibility index (Phi) is 7.61. The molecule has 1 aliphatic carbocycles. The molecule has 0 fully saturated rings. The first-order chi connectivity index (χ1) is 27.8. The third-order valence-corrected chi connectivity index (χ3v) is 12.6. The van der Waals surface area contributed by atoms with Crippen LogP contribution < -0.4 is 0 Å². The minimum atomic E-state index is -0.490. The summed E-state index contributed by atoms with van der Waals surface area (Å²) in [6, 6.07) is 74.4. The molecule has 0 radical (unpaired) electrons. The van der Waals surface area contributed by atoms with Gasteiger partial charge in [-0.05, 0) is 62.7 Å². The first-order valence-electron chi connectivity index (χ1n) is 19.1. The van der Waals surface area contributed by atoms with E-state index in [0.29, 0.717) is 5.82 Å². The van der Waals surface area contributed by atoms with Crippen LogP contribution in [0.1, 0.15) is 22.3 Å². The predicted molar refractivity (Wildman–Crippen MR) is 234 cm³/mol. The van der Waals surface area contributed by atoms with Gasteiger partial charge < -0.3 is 0 Å². The summed E-state index contributed by atoms with van der Waals surface area (Å²) in [4.78, 5) is 10.5. The molecule has 0 spiro atoms. The Morgan fingerprint density at radius 1 is 0.357 bits per heavy atom. The average Bonchev–Trinajstić information content (AvgIpc) is 3.81. The normalized spacial score (nSPS) is 12.8. The number of benzene rings is 8. The van der Waals surface area contributed by atoms with Crippen LogP contribution >= 0.6 is 11.3 Å². The largest absolute Gasteiger partial charge is 0.228 e. The summed E-state index contributed by atoms with van der Waals surface area (Å²) in [5.41, 5.74) is 14.4. The number of fused-ring (bicyclic) bond motifs is 6. The standard InChI is InChI=1S/C53H34N2S/c1-4-15-37(16-5-1)52-54-48(36-29-27-35(28-30-36)41-23-14-24-45-44-22-11-13-26-50(44)56-51(41)45)34-49(55-52)38-31-32-43-42-21-10-12-25-46(42)53(47(43)33-38,39-17-6-2-7-18-39)40-19-8-3-9-20-40/h1-34H. The SMILES string of the molecule is c1ccc(-c2nc(-c3ccc(-c4cccc5c4sc4ccccc45)cc3)cc(-c3ccc4c(c3)C(c3ccccc3)(c3ccccc3)c3ccccc3-4)n2)cc1. The molecule has 2 heterocycles. The second kappa shape index (κ2) is 13.1. The van der Waals surface area contributed by atoms with Crippen molar-refractivity contribution >= 4 is 31.5 Å². The third-order valence-electron chi connectivity index (χ3n) is 11.4. The summed E-state index contributed by atoms with van der Waals surface area (Å²) in [5.74, 6) is 0.707. The van der Waals surface area contributed by atoms with Gasteiger partial charge in [-0.25, -0.2) is 9.97 Å². The van der Waals surface area contributed by atoms with E-state index < -0.39 is 5.41 Å². The van der Waals surface area contributed by atoms with Gasteiger partial charge in [0.05, 0.1) is 16.8 Å². The topological polar surface area (TPSA) is 25.8 Å². The fourth-order valence-electron chi connectivity index (χ4n) is 8.86. The van der Waals surface area contributed by atoms with Gasteiger partial charge in [0, 0.05) is 36.9 Å². The number of aromatic nitrogens is 2. The van der Waals surface area contributed by atoms with Crippen molar-refractivity contribution in [1.29, 1.82) is 0 Å². The Balaban J connectivity index is 1.08. The van der Waals surface area contributed by atoms with Crippen molar-refractivity contribution in [3.63, 3.8) is 0 Å². The van der Waals surface area contributed by atoms with Gasteiger partial charge in [0.25, 0.3) is 0 Å². The minimum Gasteiger partial charge on any atom is -0.228 e. The summed E-state index contributed by atoms with van der Waals surface area (Å²) in [7, 11) is 0. The Morgan fingerprint density at radius 3 is 1.66 bits per heavy atom. The minimum absolute atomic E-state index is 0.490. The fraction of sp³-hybridized carbons (Fsp3) is 0.0189. The van der Waals surface area contributed by atoms with Crippen LogP contribution in [-0.2, 0) is 5.41 Å². The van der Waals surface area contributed by atoms with Gasteiger partial charge in [-0.15, -0.1) is 11.3 Å². The molecule has 2 aromatic heterocycles. The van der Waals surface area contributed by atoms with Crippen LogP contribution in [-0.4, -0.2) is 9.97 Å². The van der Waals surface area contributed by atoms with E-state index in [1.165, 1.54) is 64.7 Å². The van der Waals surface area contributed by atoms with Crippen LogP contribution in [0.3, 0.4) is 0 Å². The van der Waals surface area contributed by atoms with Gasteiger partial charge in [-0.2, -0.15) is 0 Å². The zero-order valence-electron chi connectivity index (χ0n) is 30.4. The maximum atomic E-state index is 5.28. The summed E-state index contributed by atoms with van der Waals surface area (Å²) in [6.45, 7) is 0. The van der Waals surface area contributed by atoms with Gasteiger partial charge in [-0.3, -0.25) is 0 Å². The Bertz CT molecular complexity index is 3020. The first kappa shape index (κ1) is 32.5. The monoisotopic (exact) mass is 730 g/mol. The highest BCUT2D eigenvalue weighted by Gasteiger charge is 2.46. The zero-order valence-corrected chi connectivity index (χ0v) is 31.2. The van der Waals surface area contributed by atoms with Crippen LogP contribution in [0.4, 0.5) is 0 Å². The molecular formula is C53H34N2S. The second-order valence-electron chi connectivity index (χ2n) is 14.5. The molecule has 0 unspecified atom stereocenters. The molecule has 0 atom stereocenters. The number of thiophene rings is 1. The third kappa shape index (κ3) is 5.09. The Hall–Kier alpha value is -6.94. The molecule has 0 bridgehead atoms. The van der Waals surface area contributed by atoms with Gasteiger partial charge in [0.15, 0.2) is 5.82 Å². The van der Waals surface area contributed by atoms with E-state index in [2.05, 4.69) is 200 Å². The maximum absolute atomic E-state index is 5.28. The summed E-state index contributed by atoms with van der Waals surface area (Å²) >= 11 is 1.86. The van der Waals surface area contributed by atoms with E-state index in [1.54, 1.807) is 0 Å². The number of hydrogen-bond donors (Lipinski definition) is 0.